The molecule has 1 heterocycles. The average Bonchev–Trinajstić information content (AvgIpc) is 2.89. The first-order chi connectivity index (χ1) is 17.0. The minimum Gasteiger partial charge on any atom is -0.492 e. The molecule has 182 valence electrons. The zero-order chi connectivity index (χ0) is 24.7. The van der Waals surface area contributed by atoms with Crippen molar-refractivity contribution in [2.75, 3.05) is 33.4 Å². The summed E-state index contributed by atoms with van der Waals surface area (Å²) in [6.45, 7) is 9.40. The standard InChI is InChI=1S/C30H36BNO3/c1-5-28(23-9-7-6-8-10-23)29(25-13-17-27(18-14-25)33-20-19-32-4)24-11-15-26(16-12-24)31-34-21-30(2,3)22-35-31/h6-18,32H,5,19-22H2,1-4H3. The molecule has 0 amide bonds. The monoisotopic (exact) mass is 469 g/mol. The lowest BCUT2D eigenvalue weighted by Crippen LogP contribution is -2.47. The molecule has 1 N–H and O–H groups in total. The quantitative estimate of drug-likeness (QED) is 0.258. The second kappa shape index (κ2) is 11.7. The lowest BCUT2D eigenvalue weighted by atomic mass is 9.75. The molecule has 0 unspecified atom stereocenters. The number of benzene rings is 3. The van der Waals surface area contributed by atoms with Gasteiger partial charge in [-0.3, -0.25) is 0 Å². The number of hydrogen-bond acceptors (Lipinski definition) is 4. The number of likely N-dealkylation sites (N-methyl/N-ethyl adjacent to an activating group) is 1. The molecule has 5 heteroatoms. The Morgan fingerprint density at radius 1 is 0.857 bits per heavy atom. The first-order valence-corrected chi connectivity index (χ1v) is 12.5. The van der Waals surface area contributed by atoms with E-state index in [1.165, 1.54) is 27.8 Å². The lowest BCUT2D eigenvalue weighted by Gasteiger charge is -2.33. The van der Waals surface area contributed by atoms with Crippen LogP contribution in [0.15, 0.2) is 78.9 Å². The van der Waals surface area contributed by atoms with Gasteiger partial charge in [0.25, 0.3) is 0 Å². The summed E-state index contributed by atoms with van der Waals surface area (Å²) in [6, 6.07) is 27.7. The van der Waals surface area contributed by atoms with Crippen LogP contribution in [0.25, 0.3) is 11.1 Å². The number of nitrogens with one attached hydrogen (secondary N) is 1. The molecule has 0 bridgehead atoms. The maximum absolute atomic E-state index is 6.00. The third-order valence-electron chi connectivity index (χ3n) is 6.26. The Morgan fingerprint density at radius 3 is 2.03 bits per heavy atom. The molecule has 4 rings (SSSR count). The Morgan fingerprint density at radius 2 is 1.46 bits per heavy atom. The van der Waals surface area contributed by atoms with Crippen molar-refractivity contribution in [2.45, 2.75) is 27.2 Å². The molecule has 1 fully saturated rings. The van der Waals surface area contributed by atoms with Gasteiger partial charge >= 0.3 is 7.12 Å². The van der Waals surface area contributed by atoms with E-state index in [0.29, 0.717) is 19.8 Å². The van der Waals surface area contributed by atoms with Gasteiger partial charge in [-0.2, -0.15) is 0 Å². The Hall–Kier alpha value is -2.86. The maximum Gasteiger partial charge on any atom is 0.493 e. The van der Waals surface area contributed by atoms with Crippen LogP contribution in [0.5, 0.6) is 5.75 Å². The van der Waals surface area contributed by atoms with Gasteiger partial charge < -0.3 is 19.4 Å². The summed E-state index contributed by atoms with van der Waals surface area (Å²) in [5, 5.41) is 3.11. The number of ether oxygens (including phenoxy) is 1. The molecule has 3 aromatic carbocycles. The Kier molecular flexibility index (Phi) is 8.45. The van der Waals surface area contributed by atoms with E-state index in [1.54, 1.807) is 0 Å². The van der Waals surface area contributed by atoms with Gasteiger partial charge in [0, 0.05) is 25.2 Å². The minimum atomic E-state index is -0.307. The van der Waals surface area contributed by atoms with E-state index in [4.69, 9.17) is 14.0 Å². The predicted molar refractivity (Wildman–Crippen MR) is 146 cm³/mol. The fourth-order valence-electron chi connectivity index (χ4n) is 4.36. The first-order valence-electron chi connectivity index (χ1n) is 12.5. The molecule has 4 nitrogen and oxygen atoms in total. The largest absolute Gasteiger partial charge is 0.493 e. The van der Waals surface area contributed by atoms with E-state index >= 15 is 0 Å². The van der Waals surface area contributed by atoms with Gasteiger partial charge in [0.15, 0.2) is 0 Å². The van der Waals surface area contributed by atoms with Crippen molar-refractivity contribution in [2.24, 2.45) is 5.41 Å². The molecule has 0 saturated carbocycles. The Balaban J connectivity index is 1.68. The zero-order valence-corrected chi connectivity index (χ0v) is 21.3. The van der Waals surface area contributed by atoms with E-state index in [2.05, 4.69) is 105 Å². The normalized spacial score (nSPS) is 16.1. The van der Waals surface area contributed by atoms with Gasteiger partial charge in [0.1, 0.15) is 12.4 Å². The van der Waals surface area contributed by atoms with E-state index in [0.717, 1.165) is 24.2 Å². The molecule has 0 aliphatic carbocycles. The van der Waals surface area contributed by atoms with Gasteiger partial charge in [0.05, 0.1) is 0 Å². The van der Waals surface area contributed by atoms with Crippen LogP contribution in [0.1, 0.15) is 43.9 Å². The Bertz CT molecular complexity index is 1100. The summed E-state index contributed by atoms with van der Waals surface area (Å²) in [6.07, 6.45) is 0.922. The fraction of sp³-hybridized carbons (Fsp3) is 0.333. The van der Waals surface area contributed by atoms with Crippen LogP contribution in [-0.4, -0.2) is 40.5 Å². The summed E-state index contributed by atoms with van der Waals surface area (Å²) >= 11 is 0. The fourth-order valence-corrected chi connectivity index (χ4v) is 4.36. The first kappa shape index (κ1) is 25.2. The molecule has 1 aliphatic heterocycles. The molecular weight excluding hydrogens is 433 g/mol. The van der Waals surface area contributed by atoms with Gasteiger partial charge in [-0.1, -0.05) is 87.5 Å². The van der Waals surface area contributed by atoms with Crippen molar-refractivity contribution in [1.82, 2.24) is 5.32 Å². The van der Waals surface area contributed by atoms with Crippen LogP contribution in [-0.2, 0) is 9.31 Å². The van der Waals surface area contributed by atoms with Crippen molar-refractivity contribution < 1.29 is 14.0 Å². The van der Waals surface area contributed by atoms with E-state index < -0.39 is 0 Å². The van der Waals surface area contributed by atoms with Crippen LogP contribution in [0.3, 0.4) is 0 Å². The van der Waals surface area contributed by atoms with Gasteiger partial charge in [-0.15, -0.1) is 0 Å². The predicted octanol–water partition coefficient (Wildman–Crippen LogP) is 5.42. The highest BCUT2D eigenvalue weighted by molar-refractivity contribution is 6.61. The minimum absolute atomic E-state index is 0.0565. The lowest BCUT2D eigenvalue weighted by molar-refractivity contribution is 0.0343. The van der Waals surface area contributed by atoms with Crippen molar-refractivity contribution in [3.05, 3.63) is 95.6 Å². The molecule has 3 aromatic rings. The van der Waals surface area contributed by atoms with Gasteiger partial charge in [-0.05, 0) is 58.9 Å². The second-order valence-electron chi connectivity index (χ2n) is 9.79. The van der Waals surface area contributed by atoms with Crippen LogP contribution in [0.4, 0.5) is 0 Å². The molecule has 1 aliphatic rings. The van der Waals surface area contributed by atoms with Crippen molar-refractivity contribution >= 4 is 23.7 Å². The van der Waals surface area contributed by atoms with Crippen molar-refractivity contribution in [3.8, 4) is 5.75 Å². The SMILES string of the molecule is CCC(=C(c1ccc(OCCNC)cc1)c1ccc(B2OCC(C)(C)CO2)cc1)c1ccccc1. The van der Waals surface area contributed by atoms with Crippen molar-refractivity contribution in [3.63, 3.8) is 0 Å². The number of allylic oxidation sites excluding steroid dienone is 1. The molecule has 0 spiro atoms. The third-order valence-corrected chi connectivity index (χ3v) is 6.26. The molecule has 0 atom stereocenters. The summed E-state index contributed by atoms with van der Waals surface area (Å²) < 4.78 is 17.9. The van der Waals surface area contributed by atoms with Crippen LogP contribution in [0, 0.1) is 5.41 Å². The van der Waals surface area contributed by atoms with Crippen molar-refractivity contribution in [1.29, 1.82) is 0 Å². The highest BCUT2D eigenvalue weighted by atomic mass is 16.6. The Labute approximate surface area is 210 Å². The summed E-state index contributed by atoms with van der Waals surface area (Å²) in [7, 11) is 1.62. The summed E-state index contributed by atoms with van der Waals surface area (Å²) in [5.74, 6) is 0.881. The number of hydrogen-bond donors (Lipinski definition) is 1. The number of rotatable bonds is 9. The molecule has 0 radical (unpaired) electrons. The second-order valence-corrected chi connectivity index (χ2v) is 9.79. The molecule has 35 heavy (non-hydrogen) atoms. The average molecular weight is 469 g/mol. The van der Waals surface area contributed by atoms with Gasteiger partial charge in [0.2, 0.25) is 0 Å². The van der Waals surface area contributed by atoms with Crippen LogP contribution < -0.4 is 15.5 Å². The van der Waals surface area contributed by atoms with E-state index in [9.17, 15) is 0 Å². The smallest absolute Gasteiger partial charge is 0.492 e. The molecular formula is C30H36BNO3. The topological polar surface area (TPSA) is 39.7 Å². The highest BCUT2D eigenvalue weighted by Gasteiger charge is 2.33. The van der Waals surface area contributed by atoms with Crippen LogP contribution in [0.2, 0.25) is 0 Å². The molecule has 1 saturated heterocycles. The zero-order valence-electron chi connectivity index (χ0n) is 21.3. The highest BCUT2D eigenvalue weighted by Crippen LogP contribution is 2.35. The maximum atomic E-state index is 6.00. The summed E-state index contributed by atoms with van der Waals surface area (Å²) in [5.41, 5.74) is 7.24. The van der Waals surface area contributed by atoms with E-state index in [-0.39, 0.29) is 12.5 Å². The molecule has 0 aromatic heterocycles. The summed E-state index contributed by atoms with van der Waals surface area (Å²) in [4.78, 5) is 0. The van der Waals surface area contributed by atoms with Crippen LogP contribution >= 0.6 is 0 Å². The van der Waals surface area contributed by atoms with Gasteiger partial charge in [-0.25, -0.2) is 0 Å². The third kappa shape index (κ3) is 6.43. The van der Waals surface area contributed by atoms with E-state index in [1.807, 2.05) is 7.05 Å².